The lowest BCUT2D eigenvalue weighted by Crippen LogP contribution is -2.32. The minimum absolute atomic E-state index is 0. The van der Waals surface area contributed by atoms with E-state index in [0.29, 0.717) is 13.1 Å². The van der Waals surface area contributed by atoms with E-state index in [-0.39, 0.29) is 29.8 Å². The summed E-state index contributed by atoms with van der Waals surface area (Å²) in [5.74, 6) is -0.446. The summed E-state index contributed by atoms with van der Waals surface area (Å²) in [6.07, 6.45) is 2.54. The van der Waals surface area contributed by atoms with Crippen molar-refractivity contribution < 1.29 is 9.90 Å². The number of aromatic hydroxyl groups is 1. The van der Waals surface area contributed by atoms with Gasteiger partial charge in [0, 0.05) is 19.3 Å². The molecule has 0 atom stereocenters. The molecule has 0 saturated heterocycles. The molecule has 5 nitrogen and oxygen atoms in total. The molecule has 0 aliphatic rings. The Bertz CT molecular complexity index is 347. The number of carbonyl (C=O) groups is 1. The molecule has 3 N–H and O–H groups in total. The fourth-order valence-corrected chi connectivity index (χ4v) is 1.22. The second-order valence-electron chi connectivity index (χ2n) is 3.38. The Morgan fingerprint density at radius 3 is 2.82 bits per heavy atom. The summed E-state index contributed by atoms with van der Waals surface area (Å²) in [5, 5.41) is 15.2. The number of carbonyl (C=O) groups excluding carboxylic acids is 1. The summed E-state index contributed by atoms with van der Waals surface area (Å²) in [6, 6.07) is 3.02. The molecule has 0 saturated carbocycles. The number of hydrogen-bond acceptors (Lipinski definition) is 4. The lowest BCUT2D eigenvalue weighted by molar-refractivity contribution is 0.0946. The normalized spacial score (nSPS) is 9.47. The van der Waals surface area contributed by atoms with Gasteiger partial charge >= 0.3 is 0 Å². The first-order valence-electron chi connectivity index (χ1n) is 5.38. The van der Waals surface area contributed by atoms with E-state index in [9.17, 15) is 9.90 Å². The van der Waals surface area contributed by atoms with Crippen LogP contribution in [0.15, 0.2) is 18.3 Å². The predicted octanol–water partition coefficient (Wildman–Crippen LogP) is 0.938. The van der Waals surface area contributed by atoms with Crippen molar-refractivity contribution in [3.63, 3.8) is 0 Å². The first kappa shape index (κ1) is 15.7. The van der Waals surface area contributed by atoms with Crippen LogP contribution in [0.1, 0.15) is 23.8 Å². The number of nitrogens with zero attached hydrogens (tertiary/aromatic N) is 1. The molecular formula is C11H18ClN3O2. The van der Waals surface area contributed by atoms with Crippen molar-refractivity contribution in [2.45, 2.75) is 13.3 Å². The van der Waals surface area contributed by atoms with Gasteiger partial charge in [-0.15, -0.1) is 12.4 Å². The number of hydrogen-bond donors (Lipinski definition) is 3. The van der Waals surface area contributed by atoms with Crippen LogP contribution >= 0.6 is 12.4 Å². The van der Waals surface area contributed by atoms with E-state index in [4.69, 9.17) is 0 Å². The van der Waals surface area contributed by atoms with Gasteiger partial charge in [0.2, 0.25) is 0 Å². The molecule has 0 aromatic carbocycles. The Morgan fingerprint density at radius 2 is 2.18 bits per heavy atom. The minimum Gasteiger partial charge on any atom is -0.505 e. The molecule has 1 amide bonds. The van der Waals surface area contributed by atoms with E-state index in [1.165, 1.54) is 12.3 Å². The van der Waals surface area contributed by atoms with Crippen LogP contribution < -0.4 is 10.6 Å². The topological polar surface area (TPSA) is 74.2 Å². The highest BCUT2D eigenvalue weighted by molar-refractivity contribution is 5.94. The maximum Gasteiger partial charge on any atom is 0.273 e. The fourth-order valence-electron chi connectivity index (χ4n) is 1.22. The van der Waals surface area contributed by atoms with Crippen molar-refractivity contribution >= 4 is 18.3 Å². The molecule has 0 aliphatic carbocycles. The molecular weight excluding hydrogens is 242 g/mol. The third-order valence-corrected chi connectivity index (χ3v) is 2.02. The second-order valence-corrected chi connectivity index (χ2v) is 3.38. The van der Waals surface area contributed by atoms with E-state index in [1.807, 2.05) is 0 Å². The zero-order valence-corrected chi connectivity index (χ0v) is 10.6. The molecule has 0 fully saturated rings. The van der Waals surface area contributed by atoms with Crippen LogP contribution in [-0.4, -0.2) is 35.6 Å². The number of amides is 1. The van der Waals surface area contributed by atoms with Gasteiger partial charge in [-0.05, 0) is 25.1 Å². The van der Waals surface area contributed by atoms with Gasteiger partial charge in [0.1, 0.15) is 5.75 Å². The molecule has 0 bridgehead atoms. The van der Waals surface area contributed by atoms with Gasteiger partial charge in [-0.25, -0.2) is 4.98 Å². The fraction of sp³-hybridized carbons (Fsp3) is 0.455. The number of aromatic nitrogens is 1. The zero-order chi connectivity index (χ0) is 11.8. The SMILES string of the molecule is CCCNCCNC(=O)c1ncccc1O.Cl. The summed E-state index contributed by atoms with van der Waals surface area (Å²) in [6.45, 7) is 4.25. The summed E-state index contributed by atoms with van der Waals surface area (Å²) in [7, 11) is 0. The van der Waals surface area contributed by atoms with Crippen LogP contribution in [0, 0.1) is 0 Å². The maximum atomic E-state index is 11.5. The van der Waals surface area contributed by atoms with Crippen LogP contribution in [0.3, 0.4) is 0 Å². The maximum absolute atomic E-state index is 11.5. The Labute approximate surface area is 107 Å². The van der Waals surface area contributed by atoms with Gasteiger partial charge in [-0.3, -0.25) is 4.79 Å². The van der Waals surface area contributed by atoms with Crippen molar-refractivity contribution in [3.8, 4) is 5.75 Å². The highest BCUT2D eigenvalue weighted by Crippen LogP contribution is 2.11. The van der Waals surface area contributed by atoms with E-state index < -0.39 is 0 Å². The quantitative estimate of drug-likeness (QED) is 0.665. The summed E-state index contributed by atoms with van der Waals surface area (Å²) >= 11 is 0. The number of rotatable bonds is 6. The lowest BCUT2D eigenvalue weighted by atomic mass is 10.3. The molecule has 1 aromatic heterocycles. The van der Waals surface area contributed by atoms with Crippen LogP contribution in [0.25, 0.3) is 0 Å². The average molecular weight is 260 g/mol. The van der Waals surface area contributed by atoms with Gasteiger partial charge in [0.25, 0.3) is 5.91 Å². The van der Waals surface area contributed by atoms with E-state index >= 15 is 0 Å². The molecule has 1 heterocycles. The van der Waals surface area contributed by atoms with Crippen molar-refractivity contribution in [1.82, 2.24) is 15.6 Å². The van der Waals surface area contributed by atoms with Gasteiger partial charge in [-0.2, -0.15) is 0 Å². The lowest BCUT2D eigenvalue weighted by Gasteiger charge is -2.06. The zero-order valence-electron chi connectivity index (χ0n) is 9.77. The highest BCUT2D eigenvalue weighted by Gasteiger charge is 2.10. The Hall–Kier alpha value is -1.33. The monoisotopic (exact) mass is 259 g/mol. The van der Waals surface area contributed by atoms with Gasteiger partial charge in [0.05, 0.1) is 0 Å². The molecule has 0 aliphatic heterocycles. The van der Waals surface area contributed by atoms with E-state index in [1.54, 1.807) is 6.07 Å². The highest BCUT2D eigenvalue weighted by atomic mass is 35.5. The average Bonchev–Trinajstić information content (AvgIpc) is 2.29. The molecule has 1 rings (SSSR count). The van der Waals surface area contributed by atoms with Gasteiger partial charge in [0.15, 0.2) is 5.69 Å². The summed E-state index contributed by atoms with van der Waals surface area (Å²) in [4.78, 5) is 15.3. The van der Waals surface area contributed by atoms with Gasteiger partial charge < -0.3 is 15.7 Å². The summed E-state index contributed by atoms with van der Waals surface area (Å²) < 4.78 is 0. The first-order chi connectivity index (χ1) is 7.75. The van der Waals surface area contributed by atoms with Gasteiger partial charge in [-0.1, -0.05) is 6.92 Å². The van der Waals surface area contributed by atoms with Crippen LogP contribution in [0.4, 0.5) is 0 Å². The Kier molecular flexibility index (Phi) is 8.09. The predicted molar refractivity (Wildman–Crippen MR) is 68.6 cm³/mol. The van der Waals surface area contributed by atoms with E-state index in [0.717, 1.165) is 13.0 Å². The summed E-state index contributed by atoms with van der Waals surface area (Å²) in [5.41, 5.74) is 0.0676. The van der Waals surface area contributed by atoms with Crippen molar-refractivity contribution in [1.29, 1.82) is 0 Å². The van der Waals surface area contributed by atoms with Crippen LogP contribution in [0.2, 0.25) is 0 Å². The van der Waals surface area contributed by atoms with Crippen molar-refractivity contribution in [3.05, 3.63) is 24.0 Å². The Balaban J connectivity index is 0.00000256. The minimum atomic E-state index is -0.351. The molecule has 17 heavy (non-hydrogen) atoms. The number of halogens is 1. The van der Waals surface area contributed by atoms with Crippen LogP contribution in [-0.2, 0) is 0 Å². The molecule has 0 unspecified atom stereocenters. The largest absolute Gasteiger partial charge is 0.505 e. The third-order valence-electron chi connectivity index (χ3n) is 2.02. The van der Waals surface area contributed by atoms with E-state index in [2.05, 4.69) is 22.5 Å². The smallest absolute Gasteiger partial charge is 0.273 e. The standard InChI is InChI=1S/C11H17N3O2.ClH/c1-2-5-12-7-8-14-11(16)10-9(15)4-3-6-13-10;/h3-4,6,12,15H,2,5,7-8H2,1H3,(H,14,16);1H. The number of nitrogens with one attached hydrogen (secondary N) is 2. The molecule has 0 spiro atoms. The molecule has 0 radical (unpaired) electrons. The molecule has 6 heteroatoms. The van der Waals surface area contributed by atoms with Crippen molar-refractivity contribution in [2.24, 2.45) is 0 Å². The molecule has 1 aromatic rings. The number of pyridine rings is 1. The molecule has 96 valence electrons. The second kappa shape index (κ2) is 8.78. The van der Waals surface area contributed by atoms with Crippen molar-refractivity contribution in [2.75, 3.05) is 19.6 Å². The third kappa shape index (κ3) is 5.51. The van der Waals surface area contributed by atoms with Crippen LogP contribution in [0.5, 0.6) is 5.75 Å². The first-order valence-corrected chi connectivity index (χ1v) is 5.38. The Morgan fingerprint density at radius 1 is 1.41 bits per heavy atom.